The third-order valence-electron chi connectivity index (χ3n) is 3.72. The van der Waals surface area contributed by atoms with Gasteiger partial charge in [-0.3, -0.25) is 4.79 Å². The van der Waals surface area contributed by atoms with E-state index in [0.29, 0.717) is 6.54 Å². The largest absolute Gasteiger partial charge is 0.325 e. The van der Waals surface area contributed by atoms with Gasteiger partial charge in [0.05, 0.1) is 5.54 Å². The smallest absolute Gasteiger partial charge is 0.265 e. The lowest BCUT2D eigenvalue weighted by Gasteiger charge is -2.33. The van der Waals surface area contributed by atoms with E-state index in [9.17, 15) is 4.79 Å². The highest BCUT2D eigenvalue weighted by atomic mass is 16.2. The molecular formula is C15H16N2O. The highest BCUT2D eigenvalue weighted by molar-refractivity contribution is 6.01. The molecule has 1 aromatic rings. The molecule has 3 heteroatoms. The maximum atomic E-state index is 12.2. The number of benzene rings is 1. The van der Waals surface area contributed by atoms with E-state index in [4.69, 9.17) is 5.26 Å². The molecule has 0 N–H and O–H groups in total. The Labute approximate surface area is 107 Å². The Hall–Kier alpha value is -2.08. The van der Waals surface area contributed by atoms with Crippen LogP contribution in [0, 0.1) is 11.3 Å². The number of amides is 1. The molecule has 0 aliphatic carbocycles. The van der Waals surface area contributed by atoms with Gasteiger partial charge in [0.1, 0.15) is 11.6 Å². The van der Waals surface area contributed by atoms with Crippen LogP contribution in [-0.4, -0.2) is 16.3 Å². The van der Waals surface area contributed by atoms with E-state index in [1.54, 1.807) is 4.90 Å². The van der Waals surface area contributed by atoms with Crippen molar-refractivity contribution in [1.82, 2.24) is 4.90 Å². The fraction of sp³-hybridized carbons (Fsp3) is 0.333. The van der Waals surface area contributed by atoms with Gasteiger partial charge in [-0.05, 0) is 31.9 Å². The molecule has 1 heterocycles. The molecule has 0 saturated carbocycles. The van der Waals surface area contributed by atoms with Crippen LogP contribution in [0.3, 0.4) is 0 Å². The molecule has 1 amide bonds. The summed E-state index contributed by atoms with van der Waals surface area (Å²) < 4.78 is 0. The molecule has 3 nitrogen and oxygen atoms in total. The molecule has 0 radical (unpaired) electrons. The summed E-state index contributed by atoms with van der Waals surface area (Å²) in [4.78, 5) is 14.0. The molecule has 0 saturated heterocycles. The number of nitrogens with zero attached hydrogens (tertiary/aromatic N) is 2. The van der Waals surface area contributed by atoms with Gasteiger partial charge in [-0.25, -0.2) is 0 Å². The minimum Gasteiger partial charge on any atom is -0.325 e. The predicted octanol–water partition coefficient (Wildman–Crippen LogP) is 2.65. The summed E-state index contributed by atoms with van der Waals surface area (Å²) in [6.45, 7) is 6.36. The molecule has 0 unspecified atom stereocenters. The number of hydrogen-bond acceptors (Lipinski definition) is 2. The van der Waals surface area contributed by atoms with E-state index in [1.165, 1.54) is 0 Å². The van der Waals surface area contributed by atoms with E-state index < -0.39 is 5.54 Å². The van der Waals surface area contributed by atoms with Crippen molar-refractivity contribution in [3.05, 3.63) is 47.0 Å². The minimum atomic E-state index is -0.391. The van der Waals surface area contributed by atoms with E-state index >= 15 is 0 Å². The first-order valence-electron chi connectivity index (χ1n) is 5.96. The van der Waals surface area contributed by atoms with Gasteiger partial charge in [-0.15, -0.1) is 0 Å². The van der Waals surface area contributed by atoms with Crippen LogP contribution in [0.4, 0.5) is 0 Å². The fourth-order valence-electron chi connectivity index (χ4n) is 2.22. The highest BCUT2D eigenvalue weighted by Gasteiger charge is 2.42. The average molecular weight is 240 g/mol. The highest BCUT2D eigenvalue weighted by Crippen LogP contribution is 2.35. The molecule has 0 atom stereocenters. The zero-order chi connectivity index (χ0) is 13.3. The lowest BCUT2D eigenvalue weighted by atomic mass is 9.94. The SMILES string of the molecule is CC1=C(C#N)C(=O)N(Cc2ccccc2)C1(C)C. The van der Waals surface area contributed by atoms with E-state index in [1.807, 2.05) is 57.2 Å². The molecule has 1 aliphatic rings. The molecule has 1 aliphatic heterocycles. The summed E-state index contributed by atoms with van der Waals surface area (Å²) in [5, 5.41) is 9.07. The minimum absolute atomic E-state index is 0.163. The van der Waals surface area contributed by atoms with Crippen molar-refractivity contribution in [3.63, 3.8) is 0 Å². The van der Waals surface area contributed by atoms with Crippen LogP contribution in [0.5, 0.6) is 0 Å². The van der Waals surface area contributed by atoms with Gasteiger partial charge in [0.2, 0.25) is 0 Å². The molecule has 0 aromatic heterocycles. The third-order valence-corrected chi connectivity index (χ3v) is 3.72. The van der Waals surface area contributed by atoms with Crippen molar-refractivity contribution in [3.8, 4) is 6.07 Å². The van der Waals surface area contributed by atoms with E-state index in [-0.39, 0.29) is 11.5 Å². The van der Waals surface area contributed by atoms with Crippen LogP contribution in [0.2, 0.25) is 0 Å². The van der Waals surface area contributed by atoms with Crippen LogP contribution in [0.15, 0.2) is 41.5 Å². The van der Waals surface area contributed by atoms with Crippen LogP contribution in [0.25, 0.3) is 0 Å². The summed E-state index contributed by atoms with van der Waals surface area (Å²) in [7, 11) is 0. The Bertz CT molecular complexity index is 550. The van der Waals surface area contributed by atoms with Crippen LogP contribution < -0.4 is 0 Å². The van der Waals surface area contributed by atoms with Gasteiger partial charge in [0.25, 0.3) is 5.91 Å². The predicted molar refractivity (Wildman–Crippen MR) is 69.4 cm³/mol. The normalized spacial score (nSPS) is 18.1. The van der Waals surface area contributed by atoms with Crippen LogP contribution in [0.1, 0.15) is 26.3 Å². The van der Waals surface area contributed by atoms with Crippen LogP contribution >= 0.6 is 0 Å². The number of carbonyl (C=O) groups is 1. The first-order valence-corrected chi connectivity index (χ1v) is 5.96. The second-order valence-corrected chi connectivity index (χ2v) is 5.05. The van der Waals surface area contributed by atoms with Gasteiger partial charge < -0.3 is 4.90 Å². The second-order valence-electron chi connectivity index (χ2n) is 5.05. The molecule has 18 heavy (non-hydrogen) atoms. The van der Waals surface area contributed by atoms with E-state index in [0.717, 1.165) is 11.1 Å². The standard InChI is InChI=1S/C15H16N2O/c1-11-13(9-16)14(18)17(15(11,2)3)10-12-7-5-4-6-8-12/h4-8H,10H2,1-3H3. The van der Waals surface area contributed by atoms with Gasteiger partial charge >= 0.3 is 0 Å². The number of rotatable bonds is 2. The van der Waals surface area contributed by atoms with Gasteiger partial charge in [-0.1, -0.05) is 30.3 Å². The second kappa shape index (κ2) is 4.30. The van der Waals surface area contributed by atoms with E-state index in [2.05, 4.69) is 0 Å². The Morgan fingerprint density at radius 2 is 1.89 bits per heavy atom. The summed E-state index contributed by atoms with van der Waals surface area (Å²) in [5.74, 6) is -0.163. The molecule has 0 spiro atoms. The first-order chi connectivity index (χ1) is 8.48. The fourth-order valence-corrected chi connectivity index (χ4v) is 2.22. The maximum Gasteiger partial charge on any atom is 0.265 e. The molecule has 0 fully saturated rings. The molecule has 92 valence electrons. The summed E-state index contributed by atoms with van der Waals surface area (Å²) in [6, 6.07) is 11.9. The lowest BCUT2D eigenvalue weighted by Crippen LogP contribution is -2.42. The Morgan fingerprint density at radius 1 is 1.28 bits per heavy atom. The number of hydrogen-bond donors (Lipinski definition) is 0. The zero-order valence-electron chi connectivity index (χ0n) is 10.9. The third kappa shape index (κ3) is 1.80. The van der Waals surface area contributed by atoms with Gasteiger partial charge in [0, 0.05) is 6.54 Å². The molecule has 1 aromatic carbocycles. The molecule has 2 rings (SSSR count). The van der Waals surface area contributed by atoms with Crippen molar-refractivity contribution < 1.29 is 4.79 Å². The van der Waals surface area contributed by atoms with Crippen molar-refractivity contribution in [2.75, 3.05) is 0 Å². The lowest BCUT2D eigenvalue weighted by molar-refractivity contribution is -0.129. The maximum absolute atomic E-state index is 12.2. The van der Waals surface area contributed by atoms with Crippen LogP contribution in [-0.2, 0) is 11.3 Å². The quantitative estimate of drug-likeness (QED) is 0.797. The Kier molecular flexibility index (Phi) is 2.96. The Morgan fingerprint density at radius 3 is 2.39 bits per heavy atom. The van der Waals surface area contributed by atoms with Crippen molar-refractivity contribution in [1.29, 1.82) is 5.26 Å². The van der Waals surface area contributed by atoms with Crippen molar-refractivity contribution >= 4 is 5.91 Å². The number of carbonyl (C=O) groups excluding carboxylic acids is 1. The molecule has 0 bridgehead atoms. The zero-order valence-corrected chi connectivity index (χ0v) is 10.9. The Balaban J connectivity index is 2.32. The van der Waals surface area contributed by atoms with Gasteiger partial charge in [0.15, 0.2) is 0 Å². The summed E-state index contributed by atoms with van der Waals surface area (Å²) >= 11 is 0. The topological polar surface area (TPSA) is 44.1 Å². The van der Waals surface area contributed by atoms with Crippen molar-refractivity contribution in [2.45, 2.75) is 32.9 Å². The van der Waals surface area contributed by atoms with Gasteiger partial charge in [-0.2, -0.15) is 5.26 Å². The van der Waals surface area contributed by atoms with Crippen molar-refractivity contribution in [2.24, 2.45) is 0 Å². The monoisotopic (exact) mass is 240 g/mol. The average Bonchev–Trinajstić information content (AvgIpc) is 2.51. The first kappa shape index (κ1) is 12.4. The summed E-state index contributed by atoms with van der Waals surface area (Å²) in [6.07, 6.45) is 0. The number of nitriles is 1. The molecular weight excluding hydrogens is 224 g/mol. The summed E-state index contributed by atoms with van der Waals surface area (Å²) in [5.41, 5.74) is 1.82.